The van der Waals surface area contributed by atoms with Gasteiger partial charge >= 0.3 is 5.97 Å². The lowest BCUT2D eigenvalue weighted by molar-refractivity contribution is -0.149. The summed E-state index contributed by atoms with van der Waals surface area (Å²) in [5.74, 6) is -0.508. The van der Waals surface area contributed by atoms with Crippen molar-refractivity contribution in [2.75, 3.05) is 0 Å². The molecule has 0 saturated heterocycles. The minimum Gasteiger partial charge on any atom is -0.460 e. The highest BCUT2D eigenvalue weighted by atomic mass is 35.5. The van der Waals surface area contributed by atoms with E-state index in [9.17, 15) is 14.7 Å². The van der Waals surface area contributed by atoms with E-state index in [2.05, 4.69) is 6.07 Å². The number of aromatic nitrogens is 2. The number of carbonyl (C=O) groups is 1. The lowest BCUT2D eigenvalue weighted by Gasteiger charge is -2.26. The number of esters is 1. The van der Waals surface area contributed by atoms with Crippen molar-refractivity contribution in [3.63, 3.8) is 0 Å². The van der Waals surface area contributed by atoms with Crippen molar-refractivity contribution in [3.05, 3.63) is 97.8 Å². The van der Waals surface area contributed by atoms with Crippen molar-refractivity contribution in [2.24, 2.45) is 0 Å². The highest BCUT2D eigenvalue weighted by Crippen LogP contribution is 2.40. The Kier molecular flexibility index (Phi) is 5.47. The largest absolute Gasteiger partial charge is 0.460 e. The van der Waals surface area contributed by atoms with Crippen LogP contribution in [0.5, 0.6) is 0 Å². The van der Waals surface area contributed by atoms with Gasteiger partial charge in [0.1, 0.15) is 12.2 Å². The summed E-state index contributed by atoms with van der Waals surface area (Å²) in [6.45, 7) is 2.05. The fourth-order valence-electron chi connectivity index (χ4n) is 5.56. The maximum atomic E-state index is 13.7. The summed E-state index contributed by atoms with van der Waals surface area (Å²) in [4.78, 5) is 30.8. The number of ether oxygens (including phenoxy) is 1. The zero-order chi connectivity index (χ0) is 25.0. The first kappa shape index (κ1) is 23.0. The number of nitrogens with zero attached hydrogens (tertiary/aromatic N) is 2. The number of hydrogen-bond donors (Lipinski definition) is 1. The Morgan fingerprint density at radius 2 is 1.86 bits per heavy atom. The summed E-state index contributed by atoms with van der Waals surface area (Å²) < 4.78 is 6.99. The fraction of sp³-hybridized carbons (Fsp3) is 0.276. The van der Waals surface area contributed by atoms with E-state index in [1.165, 1.54) is 0 Å². The van der Waals surface area contributed by atoms with E-state index in [-0.39, 0.29) is 18.6 Å². The molecule has 0 fully saturated rings. The van der Waals surface area contributed by atoms with Crippen molar-refractivity contribution in [1.29, 1.82) is 0 Å². The molecule has 1 N–H and O–H groups in total. The van der Waals surface area contributed by atoms with E-state index >= 15 is 0 Å². The Hall–Kier alpha value is -3.48. The summed E-state index contributed by atoms with van der Waals surface area (Å²) in [6, 6.07) is 17.7. The van der Waals surface area contributed by atoms with Gasteiger partial charge in [0, 0.05) is 16.0 Å². The molecule has 0 amide bonds. The Labute approximate surface area is 213 Å². The van der Waals surface area contributed by atoms with Crippen LogP contribution < -0.4 is 5.56 Å². The number of para-hydroxylation sites is 1. The number of halogens is 1. The first-order valence-corrected chi connectivity index (χ1v) is 12.6. The van der Waals surface area contributed by atoms with Gasteiger partial charge in [0.15, 0.2) is 0 Å². The molecule has 2 aromatic carbocycles. The van der Waals surface area contributed by atoms with Gasteiger partial charge in [-0.2, -0.15) is 0 Å². The van der Waals surface area contributed by atoms with Crippen LogP contribution in [0.25, 0.3) is 22.3 Å². The molecule has 1 unspecified atom stereocenters. The summed E-state index contributed by atoms with van der Waals surface area (Å²) in [5, 5.41) is 13.2. The van der Waals surface area contributed by atoms with Gasteiger partial charge in [0.25, 0.3) is 5.56 Å². The maximum absolute atomic E-state index is 13.7. The first-order valence-electron chi connectivity index (χ1n) is 12.2. The van der Waals surface area contributed by atoms with Crippen LogP contribution in [-0.4, -0.2) is 20.6 Å². The summed E-state index contributed by atoms with van der Waals surface area (Å²) in [6.07, 6.45) is 1.61. The summed E-state index contributed by atoms with van der Waals surface area (Å²) in [5.41, 5.74) is 4.59. The second-order valence-corrected chi connectivity index (χ2v) is 9.97. The van der Waals surface area contributed by atoms with Gasteiger partial charge in [-0.15, -0.1) is 0 Å². The highest BCUT2D eigenvalue weighted by molar-refractivity contribution is 6.31. The van der Waals surface area contributed by atoms with Gasteiger partial charge < -0.3 is 14.4 Å². The standard InChI is InChI=1S/C29H25ClN2O4/c1-2-29(35)14-26(33)36-16-21-22(29)13-25-27-20(15-32(25)28(21)34)18(19-8-4-6-10-24(19)31-27)12-11-17-7-3-5-9-23(17)30/h3-10,13,35H,2,11-12,14-16H2,1H3. The van der Waals surface area contributed by atoms with Crippen LogP contribution in [0.2, 0.25) is 5.02 Å². The highest BCUT2D eigenvalue weighted by Gasteiger charge is 2.39. The zero-order valence-corrected chi connectivity index (χ0v) is 20.6. The molecule has 0 aliphatic carbocycles. The molecule has 2 aliphatic rings. The van der Waals surface area contributed by atoms with Gasteiger partial charge in [-0.05, 0) is 54.2 Å². The molecule has 0 spiro atoms. The predicted octanol–water partition coefficient (Wildman–Crippen LogP) is 4.91. The molecule has 0 radical (unpaired) electrons. The third kappa shape index (κ3) is 3.55. The molecule has 6 nitrogen and oxygen atoms in total. The molecule has 0 saturated carbocycles. The van der Waals surface area contributed by atoms with Crippen molar-refractivity contribution in [3.8, 4) is 11.4 Å². The molecule has 36 heavy (non-hydrogen) atoms. The van der Waals surface area contributed by atoms with E-state index in [1.54, 1.807) is 11.5 Å². The van der Waals surface area contributed by atoms with Gasteiger partial charge in [-0.3, -0.25) is 9.59 Å². The minimum atomic E-state index is -1.45. The zero-order valence-electron chi connectivity index (χ0n) is 19.9. The topological polar surface area (TPSA) is 81.4 Å². The Morgan fingerprint density at radius 1 is 1.08 bits per heavy atom. The van der Waals surface area contributed by atoms with E-state index in [0.29, 0.717) is 29.8 Å². The van der Waals surface area contributed by atoms with Crippen molar-refractivity contribution in [2.45, 2.75) is 51.4 Å². The molecule has 7 heteroatoms. The smallest absolute Gasteiger partial charge is 0.309 e. The predicted molar refractivity (Wildman–Crippen MR) is 138 cm³/mol. The third-order valence-corrected chi connectivity index (χ3v) is 7.94. The second-order valence-electron chi connectivity index (χ2n) is 9.56. The number of cyclic esters (lactones) is 1. The Balaban J connectivity index is 1.54. The maximum Gasteiger partial charge on any atom is 0.309 e. The number of hydrogen-bond acceptors (Lipinski definition) is 5. The monoisotopic (exact) mass is 500 g/mol. The first-order chi connectivity index (χ1) is 17.4. The number of aryl methyl sites for hydroxylation is 2. The number of pyridine rings is 2. The third-order valence-electron chi connectivity index (χ3n) is 7.57. The molecule has 2 aromatic heterocycles. The van der Waals surface area contributed by atoms with Gasteiger partial charge in [0.2, 0.25) is 0 Å². The lowest BCUT2D eigenvalue weighted by Crippen LogP contribution is -2.32. The van der Waals surface area contributed by atoms with Crippen LogP contribution in [0.3, 0.4) is 0 Å². The molecule has 4 heterocycles. The molecule has 2 aliphatic heterocycles. The van der Waals surface area contributed by atoms with E-state index in [4.69, 9.17) is 21.3 Å². The van der Waals surface area contributed by atoms with Crippen LogP contribution >= 0.6 is 11.6 Å². The van der Waals surface area contributed by atoms with E-state index in [1.807, 2.05) is 48.5 Å². The van der Waals surface area contributed by atoms with Crippen molar-refractivity contribution < 1.29 is 14.6 Å². The minimum absolute atomic E-state index is 0.138. The van der Waals surface area contributed by atoms with Crippen LogP contribution in [0, 0.1) is 0 Å². The molecular weight excluding hydrogens is 476 g/mol. The Bertz CT molecular complexity index is 1610. The molecule has 1 atom stereocenters. The summed E-state index contributed by atoms with van der Waals surface area (Å²) in [7, 11) is 0. The SMILES string of the molecule is CCC1(O)CC(=O)OCc2c1cc1n(c2=O)Cc2c-1nc1ccccc1c2CCc1ccccc1Cl. The van der Waals surface area contributed by atoms with Gasteiger partial charge in [-0.25, -0.2) is 4.98 Å². The molecule has 0 bridgehead atoms. The number of carbonyl (C=O) groups excluding carboxylic acids is 1. The number of benzene rings is 2. The number of rotatable bonds is 4. The van der Waals surface area contributed by atoms with Crippen LogP contribution in [0.4, 0.5) is 0 Å². The van der Waals surface area contributed by atoms with Gasteiger partial charge in [-0.1, -0.05) is 54.9 Å². The number of fused-ring (bicyclic) bond motifs is 5. The van der Waals surface area contributed by atoms with Crippen molar-refractivity contribution in [1.82, 2.24) is 9.55 Å². The van der Waals surface area contributed by atoms with Crippen LogP contribution in [0.1, 0.15) is 47.6 Å². The number of aliphatic hydroxyl groups is 1. The average Bonchev–Trinajstić information content (AvgIpc) is 3.18. The van der Waals surface area contributed by atoms with E-state index in [0.717, 1.165) is 51.2 Å². The van der Waals surface area contributed by atoms with E-state index < -0.39 is 11.6 Å². The second kappa shape index (κ2) is 8.57. The summed E-state index contributed by atoms with van der Waals surface area (Å²) >= 11 is 6.44. The molecule has 6 rings (SSSR count). The quantitative estimate of drug-likeness (QED) is 0.355. The lowest BCUT2D eigenvalue weighted by atomic mass is 9.85. The molecule has 182 valence electrons. The fourth-order valence-corrected chi connectivity index (χ4v) is 5.79. The normalized spacial score (nSPS) is 18.4. The van der Waals surface area contributed by atoms with Crippen molar-refractivity contribution >= 4 is 28.5 Å². The van der Waals surface area contributed by atoms with Crippen LogP contribution in [0.15, 0.2) is 59.4 Å². The van der Waals surface area contributed by atoms with Gasteiger partial charge in [0.05, 0.1) is 35.4 Å². The molecular formula is C29H25ClN2O4. The molecule has 4 aromatic rings. The Morgan fingerprint density at radius 3 is 2.67 bits per heavy atom. The van der Waals surface area contributed by atoms with Crippen LogP contribution in [-0.2, 0) is 41.1 Å². The average molecular weight is 501 g/mol.